The standard InChI is InChI=1S/C23H21FO6/c1-22(20(26)27)10-9-18(23(30,13-22)21(28)29)19(25)16-4-2-3-15(12-16)11-14-5-7-17(24)8-6-14/h2-10,12,18,30H,11,13H2,1H3,(H,26,27)(H,28,29). The first-order valence-electron chi connectivity index (χ1n) is 9.31. The number of hydrogen-bond donors (Lipinski definition) is 3. The molecule has 0 heterocycles. The van der Waals surface area contributed by atoms with Crippen molar-refractivity contribution in [1.29, 1.82) is 0 Å². The number of aliphatic hydroxyl groups is 1. The maximum Gasteiger partial charge on any atom is 0.336 e. The van der Waals surface area contributed by atoms with E-state index in [0.717, 1.165) is 11.1 Å². The lowest BCUT2D eigenvalue weighted by Gasteiger charge is -2.39. The van der Waals surface area contributed by atoms with Gasteiger partial charge in [-0.3, -0.25) is 9.59 Å². The molecule has 3 N–H and O–H groups in total. The molecular weight excluding hydrogens is 391 g/mol. The molecule has 2 aromatic carbocycles. The molecule has 3 atom stereocenters. The van der Waals surface area contributed by atoms with Crippen molar-refractivity contribution < 1.29 is 34.1 Å². The van der Waals surface area contributed by atoms with Crippen molar-refractivity contribution in [2.45, 2.75) is 25.4 Å². The number of hydrogen-bond acceptors (Lipinski definition) is 4. The second kappa shape index (κ2) is 7.84. The highest BCUT2D eigenvalue weighted by Crippen LogP contribution is 2.41. The molecule has 0 spiro atoms. The summed E-state index contributed by atoms with van der Waals surface area (Å²) in [6, 6.07) is 12.5. The van der Waals surface area contributed by atoms with Gasteiger partial charge >= 0.3 is 11.9 Å². The molecule has 0 aliphatic heterocycles. The number of halogens is 1. The van der Waals surface area contributed by atoms with E-state index < -0.39 is 41.1 Å². The first-order valence-corrected chi connectivity index (χ1v) is 9.31. The third kappa shape index (κ3) is 4.02. The number of Topliss-reactive ketones (excluding diaryl/α,β-unsaturated/α-hetero) is 1. The predicted molar refractivity (Wildman–Crippen MR) is 106 cm³/mol. The lowest BCUT2D eigenvalue weighted by atomic mass is 9.66. The van der Waals surface area contributed by atoms with E-state index in [-0.39, 0.29) is 11.4 Å². The molecule has 0 aromatic heterocycles. The molecule has 0 saturated carbocycles. The highest BCUT2D eigenvalue weighted by Gasteiger charge is 2.55. The van der Waals surface area contributed by atoms with E-state index in [4.69, 9.17) is 0 Å². The van der Waals surface area contributed by atoms with Gasteiger partial charge in [0.05, 0.1) is 11.3 Å². The Kier molecular flexibility index (Phi) is 5.59. The second-order valence-corrected chi connectivity index (χ2v) is 7.83. The van der Waals surface area contributed by atoms with E-state index in [1.165, 1.54) is 37.3 Å². The fourth-order valence-corrected chi connectivity index (χ4v) is 3.71. The molecule has 0 bridgehead atoms. The van der Waals surface area contributed by atoms with Crippen LogP contribution in [0.15, 0.2) is 60.7 Å². The molecule has 1 aliphatic carbocycles. The molecule has 0 fully saturated rings. The zero-order valence-electron chi connectivity index (χ0n) is 16.2. The van der Waals surface area contributed by atoms with Gasteiger partial charge in [0.15, 0.2) is 11.4 Å². The van der Waals surface area contributed by atoms with Crippen LogP contribution in [0.5, 0.6) is 0 Å². The average molecular weight is 412 g/mol. The van der Waals surface area contributed by atoms with Crippen LogP contribution in [0, 0.1) is 17.2 Å². The summed E-state index contributed by atoms with van der Waals surface area (Å²) in [4.78, 5) is 36.4. The number of carbonyl (C=O) groups excluding carboxylic acids is 1. The normalized spacial score (nSPS) is 25.6. The smallest absolute Gasteiger partial charge is 0.336 e. The van der Waals surface area contributed by atoms with Gasteiger partial charge in [-0.2, -0.15) is 0 Å². The third-order valence-electron chi connectivity index (χ3n) is 5.48. The highest BCUT2D eigenvalue weighted by atomic mass is 19.1. The van der Waals surface area contributed by atoms with Crippen molar-refractivity contribution in [3.63, 3.8) is 0 Å². The summed E-state index contributed by atoms with van der Waals surface area (Å²) >= 11 is 0. The van der Waals surface area contributed by atoms with Crippen molar-refractivity contribution in [3.05, 3.63) is 83.2 Å². The lowest BCUT2D eigenvalue weighted by molar-refractivity contribution is -0.169. The van der Waals surface area contributed by atoms with E-state index in [1.54, 1.807) is 30.3 Å². The first-order chi connectivity index (χ1) is 14.0. The van der Waals surface area contributed by atoms with Crippen molar-refractivity contribution in [2.75, 3.05) is 0 Å². The van der Waals surface area contributed by atoms with Crippen molar-refractivity contribution in [2.24, 2.45) is 11.3 Å². The topological polar surface area (TPSA) is 112 Å². The monoisotopic (exact) mass is 412 g/mol. The molecule has 0 radical (unpaired) electrons. The van der Waals surface area contributed by atoms with E-state index in [1.807, 2.05) is 0 Å². The molecule has 156 valence electrons. The summed E-state index contributed by atoms with van der Waals surface area (Å²) < 4.78 is 13.1. The van der Waals surface area contributed by atoms with Crippen LogP contribution in [0.4, 0.5) is 4.39 Å². The fraction of sp³-hybridized carbons (Fsp3) is 0.261. The number of carboxylic acids is 2. The van der Waals surface area contributed by atoms with Crippen molar-refractivity contribution in [3.8, 4) is 0 Å². The zero-order chi connectivity index (χ0) is 22.1. The Morgan fingerprint density at radius 1 is 1.03 bits per heavy atom. The lowest BCUT2D eigenvalue weighted by Crippen LogP contribution is -2.54. The average Bonchev–Trinajstić information content (AvgIpc) is 2.69. The first kappa shape index (κ1) is 21.4. The van der Waals surface area contributed by atoms with Crippen molar-refractivity contribution in [1.82, 2.24) is 0 Å². The van der Waals surface area contributed by atoms with Gasteiger partial charge in [-0.1, -0.05) is 42.5 Å². The van der Waals surface area contributed by atoms with E-state index >= 15 is 0 Å². The maximum atomic E-state index is 13.1. The van der Waals surface area contributed by atoms with Gasteiger partial charge in [0, 0.05) is 12.0 Å². The van der Waals surface area contributed by atoms with Gasteiger partial charge in [0.25, 0.3) is 0 Å². The largest absolute Gasteiger partial charge is 0.481 e. The number of rotatable bonds is 6. The molecule has 3 rings (SSSR count). The Labute approximate surface area is 172 Å². The quantitative estimate of drug-likeness (QED) is 0.497. The van der Waals surface area contributed by atoms with Gasteiger partial charge < -0.3 is 15.3 Å². The van der Waals surface area contributed by atoms with E-state index in [2.05, 4.69) is 0 Å². The summed E-state index contributed by atoms with van der Waals surface area (Å²) in [6.45, 7) is 1.30. The Balaban J connectivity index is 1.92. The van der Waals surface area contributed by atoms with Gasteiger partial charge in [-0.05, 0) is 42.7 Å². The number of aliphatic carboxylic acids is 2. The van der Waals surface area contributed by atoms with Crippen LogP contribution in [-0.2, 0) is 16.0 Å². The van der Waals surface area contributed by atoms with Crippen LogP contribution in [0.1, 0.15) is 34.8 Å². The Bertz CT molecular complexity index is 1030. The van der Waals surface area contributed by atoms with Gasteiger partial charge in [0.1, 0.15) is 5.82 Å². The summed E-state index contributed by atoms with van der Waals surface area (Å²) in [7, 11) is 0. The molecule has 0 amide bonds. The molecular formula is C23H21FO6. The predicted octanol–water partition coefficient (Wildman–Crippen LogP) is 3.08. The molecule has 30 heavy (non-hydrogen) atoms. The number of ketones is 1. The van der Waals surface area contributed by atoms with Crippen LogP contribution in [0.3, 0.4) is 0 Å². The molecule has 1 aliphatic rings. The molecule has 2 aromatic rings. The van der Waals surface area contributed by atoms with Crippen LogP contribution in [-0.4, -0.2) is 38.6 Å². The minimum Gasteiger partial charge on any atom is -0.481 e. The summed E-state index contributed by atoms with van der Waals surface area (Å²) in [5.74, 6) is -5.34. The Morgan fingerprint density at radius 2 is 1.70 bits per heavy atom. The second-order valence-electron chi connectivity index (χ2n) is 7.83. The molecule has 3 unspecified atom stereocenters. The summed E-state index contributed by atoms with van der Waals surface area (Å²) in [6.07, 6.45) is 2.23. The SMILES string of the molecule is CC1(C(=O)O)C=CC(C(=O)c2cccc(Cc3ccc(F)cc3)c2)C(O)(C(=O)O)C1. The Hall–Kier alpha value is -3.32. The van der Waals surface area contributed by atoms with Crippen LogP contribution in [0.2, 0.25) is 0 Å². The van der Waals surface area contributed by atoms with E-state index in [9.17, 15) is 34.1 Å². The molecule has 6 nitrogen and oxygen atoms in total. The van der Waals surface area contributed by atoms with E-state index in [0.29, 0.717) is 6.42 Å². The van der Waals surface area contributed by atoms with Crippen LogP contribution < -0.4 is 0 Å². The minimum atomic E-state index is -2.55. The van der Waals surface area contributed by atoms with Gasteiger partial charge in [-0.15, -0.1) is 0 Å². The summed E-state index contributed by atoms with van der Waals surface area (Å²) in [5, 5.41) is 29.8. The zero-order valence-corrected chi connectivity index (χ0v) is 16.2. The Morgan fingerprint density at radius 3 is 2.30 bits per heavy atom. The maximum absolute atomic E-state index is 13.1. The third-order valence-corrected chi connectivity index (χ3v) is 5.48. The fourth-order valence-electron chi connectivity index (χ4n) is 3.71. The van der Waals surface area contributed by atoms with Gasteiger partial charge in [-0.25, -0.2) is 9.18 Å². The van der Waals surface area contributed by atoms with Crippen LogP contribution >= 0.6 is 0 Å². The number of carbonyl (C=O) groups is 3. The van der Waals surface area contributed by atoms with Crippen molar-refractivity contribution >= 4 is 17.7 Å². The highest BCUT2D eigenvalue weighted by molar-refractivity contribution is 6.03. The van der Waals surface area contributed by atoms with Crippen LogP contribution in [0.25, 0.3) is 0 Å². The van der Waals surface area contributed by atoms with Gasteiger partial charge in [0.2, 0.25) is 0 Å². The minimum absolute atomic E-state index is 0.197. The molecule has 0 saturated heterocycles. The molecule has 7 heteroatoms. The number of carboxylic acid groups (broad SMARTS) is 2. The summed E-state index contributed by atoms with van der Waals surface area (Å²) in [5.41, 5.74) is -2.37. The number of benzene rings is 2.